The molecule has 0 aliphatic heterocycles. The average molecular weight is 212 g/mol. The van der Waals surface area contributed by atoms with Gasteiger partial charge in [0, 0.05) is 12.6 Å². The molecule has 0 aromatic carbocycles. The van der Waals surface area contributed by atoms with Crippen molar-refractivity contribution in [3.63, 3.8) is 0 Å². The molecule has 0 bridgehead atoms. The Kier molecular flexibility index (Phi) is 5.62. The highest BCUT2D eigenvalue weighted by molar-refractivity contribution is 4.77. The molecule has 1 fully saturated rings. The summed E-state index contributed by atoms with van der Waals surface area (Å²) in [5, 5.41) is 3.74. The molecule has 0 amide bonds. The summed E-state index contributed by atoms with van der Waals surface area (Å²) in [4.78, 5) is 2.29. The molecule has 0 aromatic heterocycles. The highest BCUT2D eigenvalue weighted by Gasteiger charge is 2.19. The molecule has 90 valence electrons. The van der Waals surface area contributed by atoms with Crippen LogP contribution in [-0.4, -0.2) is 38.1 Å². The summed E-state index contributed by atoms with van der Waals surface area (Å²) < 4.78 is 0. The van der Waals surface area contributed by atoms with Crippen LogP contribution in [0.15, 0.2) is 0 Å². The summed E-state index contributed by atoms with van der Waals surface area (Å²) in [6.45, 7) is 7.04. The average Bonchev–Trinajstić information content (AvgIpc) is 1.98. The van der Waals surface area contributed by atoms with Crippen molar-refractivity contribution < 1.29 is 0 Å². The van der Waals surface area contributed by atoms with E-state index in [2.05, 4.69) is 38.2 Å². The van der Waals surface area contributed by atoms with Gasteiger partial charge in [-0.3, -0.25) is 0 Å². The smallest absolute Gasteiger partial charge is 0.0197 e. The van der Waals surface area contributed by atoms with Crippen LogP contribution < -0.4 is 5.32 Å². The topological polar surface area (TPSA) is 15.3 Å². The second kappa shape index (κ2) is 6.49. The molecule has 1 saturated carbocycles. The first kappa shape index (κ1) is 13.0. The minimum atomic E-state index is 0.681. The molecule has 0 radical (unpaired) electrons. The number of nitrogens with zero attached hydrogens (tertiary/aromatic N) is 1. The summed E-state index contributed by atoms with van der Waals surface area (Å²) >= 11 is 0. The fourth-order valence-corrected chi connectivity index (χ4v) is 2.26. The van der Waals surface area contributed by atoms with E-state index >= 15 is 0 Å². The Hall–Kier alpha value is -0.0800. The van der Waals surface area contributed by atoms with Crippen LogP contribution in [0, 0.1) is 11.8 Å². The van der Waals surface area contributed by atoms with Crippen LogP contribution in [0.1, 0.15) is 39.5 Å². The molecular weight excluding hydrogens is 184 g/mol. The summed E-state index contributed by atoms with van der Waals surface area (Å²) in [5.41, 5.74) is 0. The summed E-state index contributed by atoms with van der Waals surface area (Å²) in [6.07, 6.45) is 5.65. The van der Waals surface area contributed by atoms with Gasteiger partial charge < -0.3 is 10.2 Å². The molecule has 15 heavy (non-hydrogen) atoms. The molecule has 2 heteroatoms. The number of nitrogens with one attached hydrogen (secondary N) is 1. The van der Waals surface area contributed by atoms with Crippen molar-refractivity contribution in [3.8, 4) is 0 Å². The molecule has 1 N–H and O–H groups in total. The summed E-state index contributed by atoms with van der Waals surface area (Å²) in [6, 6.07) is 0.681. The van der Waals surface area contributed by atoms with Crippen LogP contribution in [0.4, 0.5) is 0 Å². The van der Waals surface area contributed by atoms with Crippen LogP contribution in [0.3, 0.4) is 0 Å². The van der Waals surface area contributed by atoms with Gasteiger partial charge in [0.15, 0.2) is 0 Å². The Labute approximate surface area is 95.4 Å². The van der Waals surface area contributed by atoms with E-state index in [0.717, 1.165) is 11.8 Å². The zero-order valence-electron chi connectivity index (χ0n) is 10.9. The van der Waals surface area contributed by atoms with E-state index in [4.69, 9.17) is 0 Å². The molecule has 1 unspecified atom stereocenters. The lowest BCUT2D eigenvalue weighted by atomic mass is 9.85. The maximum absolute atomic E-state index is 3.74. The van der Waals surface area contributed by atoms with Gasteiger partial charge in [0.25, 0.3) is 0 Å². The fourth-order valence-electron chi connectivity index (χ4n) is 2.26. The maximum Gasteiger partial charge on any atom is 0.0197 e. The van der Waals surface area contributed by atoms with Crippen LogP contribution in [0.5, 0.6) is 0 Å². The lowest BCUT2D eigenvalue weighted by Gasteiger charge is -2.30. The Bertz CT molecular complexity index is 152. The molecule has 2 nitrogen and oxygen atoms in total. The van der Waals surface area contributed by atoms with Gasteiger partial charge in [-0.15, -0.1) is 0 Å². The van der Waals surface area contributed by atoms with E-state index in [-0.39, 0.29) is 0 Å². The van der Waals surface area contributed by atoms with Crippen molar-refractivity contribution in [2.24, 2.45) is 11.8 Å². The van der Waals surface area contributed by atoms with E-state index in [1.165, 1.54) is 38.8 Å². The molecule has 0 aromatic rings. The van der Waals surface area contributed by atoms with Gasteiger partial charge in [0.2, 0.25) is 0 Å². The largest absolute Gasteiger partial charge is 0.312 e. The number of hydrogen-bond acceptors (Lipinski definition) is 2. The Morgan fingerprint density at radius 3 is 2.33 bits per heavy atom. The van der Waals surface area contributed by atoms with Gasteiger partial charge in [-0.1, -0.05) is 20.3 Å². The Morgan fingerprint density at radius 2 is 1.93 bits per heavy atom. The standard InChI is InChI=1S/C13H28N2/c1-11(2)8-13(10-15(3)4)14-9-12-6-5-7-12/h11-14H,5-10H2,1-4H3. The van der Waals surface area contributed by atoms with Crippen LogP contribution in [-0.2, 0) is 0 Å². The lowest BCUT2D eigenvalue weighted by Crippen LogP contribution is -2.42. The lowest BCUT2D eigenvalue weighted by molar-refractivity contribution is 0.253. The predicted molar refractivity (Wildman–Crippen MR) is 67.1 cm³/mol. The van der Waals surface area contributed by atoms with Gasteiger partial charge in [0.1, 0.15) is 0 Å². The molecule has 1 atom stereocenters. The molecule has 1 aliphatic rings. The normalized spacial score (nSPS) is 19.6. The first-order chi connectivity index (χ1) is 7.08. The van der Waals surface area contributed by atoms with E-state index < -0.39 is 0 Å². The second-order valence-corrected chi connectivity index (χ2v) is 5.79. The van der Waals surface area contributed by atoms with Gasteiger partial charge in [0.05, 0.1) is 0 Å². The number of rotatable bonds is 7. The van der Waals surface area contributed by atoms with Crippen LogP contribution in [0.2, 0.25) is 0 Å². The SMILES string of the molecule is CC(C)CC(CN(C)C)NCC1CCC1. The first-order valence-electron chi connectivity index (χ1n) is 6.46. The summed E-state index contributed by atoms with van der Waals surface area (Å²) in [7, 11) is 4.33. The third-order valence-corrected chi connectivity index (χ3v) is 3.26. The van der Waals surface area contributed by atoms with Gasteiger partial charge in [-0.05, 0) is 51.7 Å². The second-order valence-electron chi connectivity index (χ2n) is 5.79. The fraction of sp³-hybridized carbons (Fsp3) is 1.00. The van der Waals surface area contributed by atoms with E-state index in [1.54, 1.807) is 0 Å². The molecular formula is C13H28N2. The van der Waals surface area contributed by atoms with Crippen molar-refractivity contribution in [3.05, 3.63) is 0 Å². The number of hydrogen-bond donors (Lipinski definition) is 1. The summed E-state index contributed by atoms with van der Waals surface area (Å²) in [5.74, 6) is 1.77. The first-order valence-corrected chi connectivity index (χ1v) is 6.46. The molecule has 1 aliphatic carbocycles. The Morgan fingerprint density at radius 1 is 1.27 bits per heavy atom. The maximum atomic E-state index is 3.74. The van der Waals surface area contributed by atoms with E-state index in [9.17, 15) is 0 Å². The van der Waals surface area contributed by atoms with Gasteiger partial charge in [-0.2, -0.15) is 0 Å². The van der Waals surface area contributed by atoms with Crippen molar-refractivity contribution in [1.29, 1.82) is 0 Å². The quantitative estimate of drug-likeness (QED) is 0.697. The molecule has 0 saturated heterocycles. The van der Waals surface area contributed by atoms with Crippen molar-refractivity contribution in [2.45, 2.75) is 45.6 Å². The molecule has 1 rings (SSSR count). The van der Waals surface area contributed by atoms with E-state index in [1.807, 2.05) is 0 Å². The third kappa shape index (κ3) is 5.53. The number of likely N-dealkylation sites (N-methyl/N-ethyl adjacent to an activating group) is 1. The van der Waals surface area contributed by atoms with Crippen LogP contribution >= 0.6 is 0 Å². The molecule has 0 spiro atoms. The highest BCUT2D eigenvalue weighted by Crippen LogP contribution is 2.25. The van der Waals surface area contributed by atoms with Gasteiger partial charge >= 0.3 is 0 Å². The van der Waals surface area contributed by atoms with Crippen molar-refractivity contribution >= 4 is 0 Å². The molecule has 0 heterocycles. The minimum Gasteiger partial charge on any atom is -0.312 e. The van der Waals surface area contributed by atoms with Gasteiger partial charge in [-0.25, -0.2) is 0 Å². The van der Waals surface area contributed by atoms with Crippen LogP contribution in [0.25, 0.3) is 0 Å². The zero-order chi connectivity index (χ0) is 11.3. The predicted octanol–water partition coefficient (Wildman–Crippen LogP) is 2.35. The monoisotopic (exact) mass is 212 g/mol. The highest BCUT2D eigenvalue weighted by atomic mass is 15.1. The zero-order valence-corrected chi connectivity index (χ0v) is 10.9. The minimum absolute atomic E-state index is 0.681. The van der Waals surface area contributed by atoms with E-state index in [0.29, 0.717) is 6.04 Å². The van der Waals surface area contributed by atoms with Crippen molar-refractivity contribution in [2.75, 3.05) is 27.2 Å². The Balaban J connectivity index is 2.20. The third-order valence-electron chi connectivity index (χ3n) is 3.26. The van der Waals surface area contributed by atoms with Crippen molar-refractivity contribution in [1.82, 2.24) is 10.2 Å².